The molecule has 2 N–H and O–H groups in total. The number of nitrogens with one attached hydrogen (secondary N) is 2. The third kappa shape index (κ3) is 7.66. The van der Waals surface area contributed by atoms with Crippen LogP contribution >= 0.6 is 0 Å². The molecular weight excluding hydrogens is 514 g/mol. The quantitative estimate of drug-likeness (QED) is 0.293. The third-order valence-electron chi connectivity index (χ3n) is 7.45. The van der Waals surface area contributed by atoms with Gasteiger partial charge in [0.25, 0.3) is 5.91 Å². The fourth-order valence-corrected chi connectivity index (χ4v) is 5.29. The summed E-state index contributed by atoms with van der Waals surface area (Å²) in [7, 11) is 0. The van der Waals surface area contributed by atoms with Crippen LogP contribution in [0, 0.1) is 12.8 Å². The molecule has 0 heterocycles. The molecule has 0 bridgehead atoms. The lowest BCUT2D eigenvalue weighted by atomic mass is 9.86. The Morgan fingerprint density at radius 2 is 1.61 bits per heavy atom. The third-order valence-corrected chi connectivity index (χ3v) is 7.45. The van der Waals surface area contributed by atoms with Gasteiger partial charge in [-0.05, 0) is 93.3 Å². The van der Waals surface area contributed by atoms with Crippen LogP contribution in [0.15, 0.2) is 66.7 Å². The van der Waals surface area contributed by atoms with Gasteiger partial charge in [-0.2, -0.15) is 0 Å². The molecule has 41 heavy (non-hydrogen) atoms. The normalized spacial score (nSPS) is 15.1. The van der Waals surface area contributed by atoms with E-state index in [0.717, 1.165) is 41.2 Å². The number of benzene rings is 3. The predicted octanol–water partition coefficient (Wildman–Crippen LogP) is 7.15. The maximum atomic E-state index is 14.4. The van der Waals surface area contributed by atoms with Crippen molar-refractivity contribution in [1.82, 2.24) is 10.2 Å². The highest BCUT2D eigenvalue weighted by molar-refractivity contribution is 6.00. The first-order valence-corrected chi connectivity index (χ1v) is 14.6. The summed E-state index contributed by atoms with van der Waals surface area (Å²) in [6.45, 7) is 11.3. The number of carbonyl (C=O) groups is 3. The van der Waals surface area contributed by atoms with Gasteiger partial charge in [0.1, 0.15) is 17.7 Å². The number of rotatable bonds is 9. The number of anilines is 1. The zero-order valence-corrected chi connectivity index (χ0v) is 25.1. The number of amides is 3. The van der Waals surface area contributed by atoms with Crippen LogP contribution in [0.25, 0.3) is 10.8 Å². The highest BCUT2D eigenvalue weighted by atomic mass is 16.6. The van der Waals surface area contributed by atoms with Gasteiger partial charge in [-0.3, -0.25) is 9.59 Å². The minimum atomic E-state index is -0.865. The van der Waals surface area contributed by atoms with Crippen molar-refractivity contribution in [2.24, 2.45) is 5.92 Å². The number of nitrogens with zero attached hydrogens (tertiary/aromatic N) is 1. The zero-order chi connectivity index (χ0) is 29.7. The second-order valence-electron chi connectivity index (χ2n) is 12.5. The molecule has 1 aliphatic rings. The molecule has 1 saturated carbocycles. The van der Waals surface area contributed by atoms with E-state index in [1.807, 2.05) is 87.5 Å². The number of ether oxygens (including phenoxy) is 1. The smallest absolute Gasteiger partial charge is 0.408 e. The van der Waals surface area contributed by atoms with Gasteiger partial charge in [-0.1, -0.05) is 68.4 Å². The SMILES string of the molecule is Cc1ccccc1C(C(=O)Nc1ccc2ccccc2c1)N(C(=O)C(CC(C)C)NC(=O)OC(C)(C)C)C1CCC1. The first kappa shape index (κ1) is 30.1. The van der Waals surface area contributed by atoms with Gasteiger partial charge in [0.2, 0.25) is 5.91 Å². The summed E-state index contributed by atoms with van der Waals surface area (Å²) in [5, 5.41) is 8.04. The van der Waals surface area contributed by atoms with Gasteiger partial charge >= 0.3 is 6.09 Å². The Balaban J connectivity index is 1.72. The largest absolute Gasteiger partial charge is 0.444 e. The van der Waals surface area contributed by atoms with Crippen molar-refractivity contribution in [3.05, 3.63) is 77.9 Å². The van der Waals surface area contributed by atoms with Gasteiger partial charge < -0.3 is 20.3 Å². The number of carbonyl (C=O) groups excluding carboxylic acids is 3. The lowest BCUT2D eigenvalue weighted by Gasteiger charge is -2.44. The van der Waals surface area contributed by atoms with Gasteiger partial charge in [-0.25, -0.2) is 4.79 Å². The maximum absolute atomic E-state index is 14.4. The van der Waals surface area contributed by atoms with Crippen molar-refractivity contribution >= 4 is 34.4 Å². The summed E-state index contributed by atoms with van der Waals surface area (Å²) in [5.41, 5.74) is 1.65. The van der Waals surface area contributed by atoms with Crippen LogP contribution in [0.3, 0.4) is 0 Å². The van der Waals surface area contributed by atoms with E-state index in [2.05, 4.69) is 10.6 Å². The monoisotopic (exact) mass is 557 g/mol. The Kier molecular flexibility index (Phi) is 9.36. The predicted molar refractivity (Wildman–Crippen MR) is 164 cm³/mol. The van der Waals surface area contributed by atoms with Crippen molar-refractivity contribution in [1.29, 1.82) is 0 Å². The van der Waals surface area contributed by atoms with E-state index < -0.39 is 23.8 Å². The summed E-state index contributed by atoms with van der Waals surface area (Å²) >= 11 is 0. The molecule has 0 saturated heterocycles. The molecule has 0 aliphatic heterocycles. The van der Waals surface area contributed by atoms with E-state index in [4.69, 9.17) is 4.74 Å². The molecule has 3 aromatic rings. The van der Waals surface area contributed by atoms with Crippen LogP contribution in [0.4, 0.5) is 10.5 Å². The number of hydrogen-bond donors (Lipinski definition) is 2. The highest BCUT2D eigenvalue weighted by Crippen LogP contribution is 2.36. The second-order valence-corrected chi connectivity index (χ2v) is 12.5. The maximum Gasteiger partial charge on any atom is 0.408 e. The molecule has 3 aromatic carbocycles. The van der Waals surface area contributed by atoms with Crippen molar-refractivity contribution < 1.29 is 19.1 Å². The fourth-order valence-electron chi connectivity index (χ4n) is 5.29. The molecule has 2 unspecified atom stereocenters. The molecule has 218 valence electrons. The molecular formula is C34H43N3O4. The zero-order valence-electron chi connectivity index (χ0n) is 25.1. The molecule has 7 nitrogen and oxygen atoms in total. The van der Waals surface area contributed by atoms with Gasteiger partial charge in [0, 0.05) is 11.7 Å². The molecule has 0 radical (unpaired) electrons. The minimum absolute atomic E-state index is 0.107. The summed E-state index contributed by atoms with van der Waals surface area (Å²) < 4.78 is 5.51. The number of aryl methyl sites for hydroxylation is 1. The van der Waals surface area contributed by atoms with Crippen LogP contribution in [0.1, 0.15) is 77.5 Å². The summed E-state index contributed by atoms with van der Waals surface area (Å²) in [6, 6.07) is 19.7. The van der Waals surface area contributed by atoms with E-state index in [0.29, 0.717) is 12.1 Å². The topological polar surface area (TPSA) is 87.7 Å². The average Bonchev–Trinajstić information content (AvgIpc) is 2.86. The Morgan fingerprint density at radius 3 is 2.22 bits per heavy atom. The molecule has 0 spiro atoms. The molecule has 2 atom stereocenters. The number of alkyl carbamates (subject to hydrolysis) is 1. The Hall–Kier alpha value is -3.87. The molecule has 1 aliphatic carbocycles. The molecule has 1 fully saturated rings. The van der Waals surface area contributed by atoms with Crippen LogP contribution in [-0.4, -0.2) is 40.5 Å². The Labute approximate surface area is 243 Å². The number of fused-ring (bicyclic) bond motifs is 1. The molecule has 0 aromatic heterocycles. The van der Waals surface area contributed by atoms with Crippen molar-refractivity contribution in [3.8, 4) is 0 Å². The fraction of sp³-hybridized carbons (Fsp3) is 0.441. The minimum Gasteiger partial charge on any atom is -0.444 e. The molecule has 7 heteroatoms. The van der Waals surface area contributed by atoms with Crippen LogP contribution in [-0.2, 0) is 14.3 Å². The molecule has 4 rings (SSSR count). The Morgan fingerprint density at radius 1 is 0.951 bits per heavy atom. The second kappa shape index (κ2) is 12.8. The first-order chi connectivity index (χ1) is 19.4. The summed E-state index contributed by atoms with van der Waals surface area (Å²) in [5.74, 6) is -0.419. The number of hydrogen-bond acceptors (Lipinski definition) is 4. The van der Waals surface area contributed by atoms with Crippen LogP contribution < -0.4 is 10.6 Å². The lowest BCUT2D eigenvalue weighted by Crippen LogP contribution is -2.57. The van der Waals surface area contributed by atoms with Crippen molar-refractivity contribution in [2.75, 3.05) is 5.32 Å². The van der Waals surface area contributed by atoms with Crippen molar-refractivity contribution in [3.63, 3.8) is 0 Å². The van der Waals surface area contributed by atoms with E-state index in [9.17, 15) is 14.4 Å². The Bertz CT molecular complexity index is 1390. The highest BCUT2D eigenvalue weighted by Gasteiger charge is 2.42. The summed E-state index contributed by atoms with van der Waals surface area (Å²) in [6.07, 6.45) is 2.37. The molecule has 3 amide bonds. The van der Waals surface area contributed by atoms with Gasteiger partial charge in [0.15, 0.2) is 0 Å². The van der Waals surface area contributed by atoms with Gasteiger partial charge in [-0.15, -0.1) is 0 Å². The van der Waals surface area contributed by atoms with E-state index >= 15 is 0 Å². The lowest BCUT2D eigenvalue weighted by molar-refractivity contribution is -0.146. The summed E-state index contributed by atoms with van der Waals surface area (Å²) in [4.78, 5) is 43.2. The standard InChI is InChI=1S/C34H43N3O4/c1-22(2)20-29(36-33(40)41-34(4,5)6)32(39)37(27-15-11-16-27)30(28-17-10-7-12-23(28)3)31(38)35-26-19-18-24-13-8-9-14-25(24)21-26/h7-10,12-14,17-19,21-22,27,29-30H,11,15-16,20H2,1-6H3,(H,35,38)(H,36,40). The van der Waals surface area contributed by atoms with E-state index in [-0.39, 0.29) is 23.8 Å². The van der Waals surface area contributed by atoms with E-state index in [1.54, 1.807) is 25.7 Å². The van der Waals surface area contributed by atoms with Gasteiger partial charge in [0.05, 0.1) is 0 Å². The van der Waals surface area contributed by atoms with Crippen LogP contribution in [0.5, 0.6) is 0 Å². The van der Waals surface area contributed by atoms with E-state index in [1.165, 1.54) is 0 Å². The average molecular weight is 558 g/mol. The van der Waals surface area contributed by atoms with Crippen LogP contribution in [0.2, 0.25) is 0 Å². The first-order valence-electron chi connectivity index (χ1n) is 14.6. The van der Waals surface area contributed by atoms with Crippen molar-refractivity contribution in [2.45, 2.75) is 91.0 Å².